The first-order valence-corrected chi connectivity index (χ1v) is 15.0. The van der Waals surface area contributed by atoms with Crippen molar-refractivity contribution in [1.82, 2.24) is 24.5 Å². The molecule has 2 aromatic heterocycles. The van der Waals surface area contributed by atoms with E-state index in [-0.39, 0.29) is 39.1 Å². The van der Waals surface area contributed by atoms with Crippen molar-refractivity contribution < 1.29 is 31.1 Å². The van der Waals surface area contributed by atoms with Crippen molar-refractivity contribution in [2.45, 2.75) is 37.4 Å². The Labute approximate surface area is 249 Å². The second-order valence-corrected chi connectivity index (χ2v) is 12.4. The molecule has 0 aliphatic rings. The molecule has 8 nitrogen and oxygen atoms in total. The van der Waals surface area contributed by atoms with Gasteiger partial charge in [-0.25, -0.2) is 22.5 Å². The number of aliphatic hydroxyl groups is 1. The third-order valence-corrected chi connectivity index (χ3v) is 8.49. The highest BCUT2D eigenvalue weighted by Crippen LogP contribution is 2.35. The molecule has 1 unspecified atom stereocenters. The highest BCUT2D eigenvalue weighted by Gasteiger charge is 2.35. The molecule has 1 N–H and O–H groups in total. The van der Waals surface area contributed by atoms with E-state index in [1.807, 2.05) is 19.1 Å². The molecular weight excluding hydrogens is 610 g/mol. The van der Waals surface area contributed by atoms with E-state index in [1.54, 1.807) is 18.2 Å². The summed E-state index contributed by atoms with van der Waals surface area (Å²) in [7, 11) is -3.93. The maximum absolute atomic E-state index is 15.0. The second kappa shape index (κ2) is 11.2. The van der Waals surface area contributed by atoms with Crippen LogP contribution in [0.3, 0.4) is 0 Å². The molecule has 5 aromatic rings. The molecule has 0 saturated heterocycles. The summed E-state index contributed by atoms with van der Waals surface area (Å²) in [6.07, 6.45) is -1.40. The molecule has 0 aliphatic heterocycles. The fourth-order valence-electron chi connectivity index (χ4n) is 4.84. The van der Waals surface area contributed by atoms with Crippen LogP contribution in [0, 0.1) is 12.7 Å². The van der Waals surface area contributed by atoms with E-state index in [4.69, 9.17) is 11.6 Å². The van der Waals surface area contributed by atoms with Gasteiger partial charge in [0.1, 0.15) is 11.6 Å². The van der Waals surface area contributed by atoms with Gasteiger partial charge in [-0.15, -0.1) is 5.10 Å². The van der Waals surface area contributed by atoms with Crippen molar-refractivity contribution in [3.63, 3.8) is 0 Å². The van der Waals surface area contributed by atoms with Crippen LogP contribution in [0.5, 0.6) is 0 Å². The average molecular weight is 634 g/mol. The molecule has 1 atom stereocenters. The molecule has 3 aromatic carbocycles. The molecule has 0 radical (unpaired) electrons. The molecule has 0 spiro atoms. The minimum atomic E-state index is -4.69. The van der Waals surface area contributed by atoms with Crippen LogP contribution in [-0.4, -0.2) is 44.3 Å². The Morgan fingerprint density at radius 3 is 2.33 bits per heavy atom. The number of imidazole rings is 1. The van der Waals surface area contributed by atoms with Crippen molar-refractivity contribution in [2.24, 2.45) is 0 Å². The lowest BCUT2D eigenvalue weighted by Crippen LogP contribution is -2.11. The third-order valence-electron chi connectivity index (χ3n) is 7.07. The molecular formula is C29H24ClF4N5O3S. The van der Waals surface area contributed by atoms with Crippen LogP contribution in [-0.2, 0) is 22.6 Å². The van der Waals surface area contributed by atoms with E-state index < -0.39 is 34.1 Å². The predicted octanol–water partition coefficient (Wildman–Crippen LogP) is 6.29. The Balaban J connectivity index is 1.75. The van der Waals surface area contributed by atoms with Crippen LogP contribution in [0.15, 0.2) is 71.9 Å². The quantitative estimate of drug-likeness (QED) is 0.212. The highest BCUT2D eigenvalue weighted by molar-refractivity contribution is 7.90. The maximum atomic E-state index is 15.0. The van der Waals surface area contributed by atoms with Gasteiger partial charge < -0.3 is 9.67 Å². The van der Waals surface area contributed by atoms with Crippen LogP contribution < -0.4 is 0 Å². The molecule has 0 fully saturated rings. The molecule has 0 amide bonds. The molecule has 43 heavy (non-hydrogen) atoms. The van der Waals surface area contributed by atoms with Crippen molar-refractivity contribution in [1.29, 1.82) is 0 Å². The molecule has 0 aliphatic carbocycles. The lowest BCUT2D eigenvalue weighted by atomic mass is 9.97. The average Bonchev–Trinajstić information content (AvgIpc) is 3.59. The lowest BCUT2D eigenvalue weighted by molar-refractivity contribution is -0.141. The summed E-state index contributed by atoms with van der Waals surface area (Å²) >= 11 is 6.05. The first kappa shape index (κ1) is 30.4. The van der Waals surface area contributed by atoms with Gasteiger partial charge in [0, 0.05) is 29.0 Å². The van der Waals surface area contributed by atoms with Crippen LogP contribution in [0.25, 0.3) is 22.5 Å². The molecule has 5 rings (SSSR count). The van der Waals surface area contributed by atoms with Crippen molar-refractivity contribution in [3.8, 4) is 22.5 Å². The van der Waals surface area contributed by atoms with Gasteiger partial charge in [0.15, 0.2) is 15.5 Å². The van der Waals surface area contributed by atoms with E-state index in [1.165, 1.54) is 40.6 Å². The van der Waals surface area contributed by atoms with Gasteiger partial charge in [0.05, 0.1) is 34.8 Å². The van der Waals surface area contributed by atoms with Crippen molar-refractivity contribution in [3.05, 3.63) is 106 Å². The smallest absolute Gasteiger partial charge is 0.392 e. The zero-order chi connectivity index (χ0) is 31.3. The van der Waals surface area contributed by atoms with Gasteiger partial charge in [0.2, 0.25) is 0 Å². The van der Waals surface area contributed by atoms with E-state index in [0.717, 1.165) is 24.1 Å². The third kappa shape index (κ3) is 5.92. The molecule has 0 bridgehead atoms. The van der Waals surface area contributed by atoms with Gasteiger partial charge in [-0.2, -0.15) is 13.2 Å². The minimum absolute atomic E-state index is 0.0476. The second-order valence-electron chi connectivity index (χ2n) is 9.95. The summed E-state index contributed by atoms with van der Waals surface area (Å²) in [5.74, 6) is -1.17. The van der Waals surface area contributed by atoms with Crippen LogP contribution in [0.2, 0.25) is 5.02 Å². The zero-order valence-corrected chi connectivity index (χ0v) is 24.5. The number of hydrogen-bond donors (Lipinski definition) is 1. The Morgan fingerprint density at radius 1 is 1.02 bits per heavy atom. The lowest BCUT2D eigenvalue weighted by Gasteiger charge is -2.19. The number of rotatable bonds is 7. The Morgan fingerprint density at radius 2 is 1.72 bits per heavy atom. The topological polar surface area (TPSA) is 103 Å². The van der Waals surface area contributed by atoms with Gasteiger partial charge in [0.25, 0.3) is 0 Å². The monoisotopic (exact) mass is 633 g/mol. The van der Waals surface area contributed by atoms with Crippen molar-refractivity contribution >= 4 is 21.4 Å². The van der Waals surface area contributed by atoms with E-state index in [2.05, 4.69) is 15.3 Å². The summed E-state index contributed by atoms with van der Waals surface area (Å²) in [5, 5.41) is 18.5. The van der Waals surface area contributed by atoms with E-state index in [9.17, 15) is 26.7 Å². The summed E-state index contributed by atoms with van der Waals surface area (Å²) in [5.41, 5.74) is 1.01. The Kier molecular flexibility index (Phi) is 7.92. The fraction of sp³-hybridized carbons (Fsp3) is 0.207. The summed E-state index contributed by atoms with van der Waals surface area (Å²) in [6, 6.07) is 14.0. The number of aliphatic hydroxyl groups excluding tert-OH is 1. The highest BCUT2D eigenvalue weighted by atomic mass is 35.5. The van der Waals surface area contributed by atoms with Crippen LogP contribution in [0.4, 0.5) is 17.6 Å². The molecule has 14 heteroatoms. The number of halogens is 5. The summed E-state index contributed by atoms with van der Waals surface area (Å²) in [6.45, 7) is 2.49. The zero-order valence-electron chi connectivity index (χ0n) is 22.9. The number of alkyl halides is 3. The Bertz CT molecular complexity index is 1940. The summed E-state index contributed by atoms with van der Waals surface area (Å²) in [4.78, 5) is 3.30. The van der Waals surface area contributed by atoms with Crippen LogP contribution in [0.1, 0.15) is 41.2 Å². The van der Waals surface area contributed by atoms with E-state index in [0.29, 0.717) is 16.3 Å². The normalized spacial score (nSPS) is 13.0. The number of aryl methyl sites for hydroxylation is 1. The number of sulfone groups is 1. The number of nitrogens with zero attached hydrogens (tertiary/aromatic N) is 5. The van der Waals surface area contributed by atoms with Gasteiger partial charge in [-0.3, -0.25) is 0 Å². The number of hydrogen-bond acceptors (Lipinski definition) is 6. The van der Waals surface area contributed by atoms with Crippen molar-refractivity contribution in [2.75, 3.05) is 6.26 Å². The first-order chi connectivity index (χ1) is 20.2. The van der Waals surface area contributed by atoms with Gasteiger partial charge in [-0.05, 0) is 60.0 Å². The van der Waals surface area contributed by atoms with E-state index >= 15 is 4.39 Å². The SMILES string of the molecule is Cc1nc(C(F)(F)F)cn1-c1ccc(-c2cc(F)c(CO)c(S(C)(=O)=O)c2)cc1-n1nncc1C(C)c1ccc(Cl)cc1. The van der Waals surface area contributed by atoms with Crippen LogP contribution >= 0.6 is 11.6 Å². The maximum Gasteiger partial charge on any atom is 0.434 e. The standard InChI is InChI=1S/C29H24ClF4N5O3S/c1-16(18-4-7-21(30)8-5-18)26-13-35-37-39(26)25-11-19(20-10-23(31)22(15-40)27(12-20)43(3,41)42)6-9-24(25)38-14-28(29(32,33)34)36-17(38)2/h4-14,16,40H,15H2,1-3H3. The predicted molar refractivity (Wildman–Crippen MR) is 152 cm³/mol. The Hall–Kier alpha value is -4.07. The number of aromatic nitrogens is 5. The number of benzene rings is 3. The van der Waals surface area contributed by atoms with Gasteiger partial charge >= 0.3 is 6.18 Å². The largest absolute Gasteiger partial charge is 0.434 e. The minimum Gasteiger partial charge on any atom is -0.392 e. The molecule has 0 saturated carbocycles. The van der Waals surface area contributed by atoms with Gasteiger partial charge in [-0.1, -0.05) is 41.9 Å². The molecule has 2 heterocycles. The fourth-order valence-corrected chi connectivity index (χ4v) is 5.92. The first-order valence-electron chi connectivity index (χ1n) is 12.8. The molecule has 224 valence electrons. The summed E-state index contributed by atoms with van der Waals surface area (Å²) < 4.78 is 83.3.